The average Bonchev–Trinajstić information content (AvgIpc) is 3.82. The maximum Gasteiger partial charge on any atom is 0.164 e. The van der Waals surface area contributed by atoms with Crippen LogP contribution in [0.5, 0.6) is 0 Å². The van der Waals surface area contributed by atoms with E-state index in [1.165, 1.54) is 52.7 Å². The Balaban J connectivity index is 1.02. The molecule has 0 aliphatic heterocycles. The lowest BCUT2D eigenvalue weighted by Gasteiger charge is -2.12. The van der Waals surface area contributed by atoms with Crippen LogP contribution in [0, 0.1) is 0 Å². The zero-order chi connectivity index (χ0) is 36.7. The zero-order valence-electron chi connectivity index (χ0n) is 29.9. The summed E-state index contributed by atoms with van der Waals surface area (Å²) in [5.74, 6) is 1.87. The summed E-state index contributed by atoms with van der Waals surface area (Å²) in [4.78, 5) is 15.5. The van der Waals surface area contributed by atoms with Gasteiger partial charge in [0.2, 0.25) is 0 Å². The number of hydrogen-bond acceptors (Lipinski definition) is 5. The lowest BCUT2D eigenvalue weighted by atomic mass is 9.93. The first kappa shape index (κ1) is 31.2. The van der Waals surface area contributed by atoms with E-state index in [0.717, 1.165) is 49.6 Å². The Kier molecular flexibility index (Phi) is 6.76. The van der Waals surface area contributed by atoms with Gasteiger partial charge in [0.25, 0.3) is 0 Å². The Morgan fingerprint density at radius 3 is 1.68 bits per heavy atom. The van der Waals surface area contributed by atoms with Gasteiger partial charge in [0.05, 0.1) is 0 Å². The maximum absolute atomic E-state index is 6.35. The predicted octanol–water partition coefficient (Wildman–Crippen LogP) is 14.3. The molecule has 0 atom stereocenters. The largest absolute Gasteiger partial charge is 0.456 e. The highest BCUT2D eigenvalue weighted by Crippen LogP contribution is 2.39. The Hall–Kier alpha value is -7.21. The summed E-state index contributed by atoms with van der Waals surface area (Å²) < 4.78 is 8.82. The van der Waals surface area contributed by atoms with Gasteiger partial charge in [-0.1, -0.05) is 127 Å². The van der Waals surface area contributed by atoms with E-state index >= 15 is 0 Å². The second-order valence-corrected chi connectivity index (χ2v) is 15.5. The van der Waals surface area contributed by atoms with Gasteiger partial charge < -0.3 is 4.42 Å². The molecule has 9 aromatic carbocycles. The van der Waals surface area contributed by atoms with Crippen molar-refractivity contribution in [2.24, 2.45) is 0 Å². The van der Waals surface area contributed by atoms with Crippen molar-refractivity contribution in [2.45, 2.75) is 0 Å². The maximum atomic E-state index is 6.35. The number of nitrogens with zero attached hydrogens (tertiary/aromatic N) is 3. The molecule has 56 heavy (non-hydrogen) atoms. The third-order valence-electron chi connectivity index (χ3n) is 11.1. The van der Waals surface area contributed by atoms with Gasteiger partial charge in [-0.15, -0.1) is 11.3 Å². The first-order valence-corrected chi connectivity index (χ1v) is 19.6. The van der Waals surface area contributed by atoms with Gasteiger partial charge in [-0.3, -0.25) is 0 Å². The lowest BCUT2D eigenvalue weighted by molar-refractivity contribution is 0.669. The topological polar surface area (TPSA) is 51.8 Å². The van der Waals surface area contributed by atoms with Crippen LogP contribution in [0.3, 0.4) is 0 Å². The average molecular weight is 732 g/mol. The molecule has 0 amide bonds. The summed E-state index contributed by atoms with van der Waals surface area (Å²) in [5.41, 5.74) is 6.82. The van der Waals surface area contributed by atoms with Gasteiger partial charge in [0.1, 0.15) is 11.2 Å². The number of aromatic nitrogens is 3. The standard InChI is InChI=1S/C51H29N3OS/c1-2-10-33-28-46-44(25-32(33)9-1)43-27-35(22-24-45(43)55-46)50-52-49(53-51(54-50)36-21-23-41-40-15-7-8-16-47(40)56-48(41)29-36)31-19-17-30(18-20-31)42-26-34-11-3-4-12-37(34)38-13-5-6-14-39(38)42/h1-29H. The van der Waals surface area contributed by atoms with Crippen LogP contribution in [-0.2, 0) is 0 Å². The van der Waals surface area contributed by atoms with Gasteiger partial charge >= 0.3 is 0 Å². The molecule has 12 rings (SSSR count). The molecule has 0 saturated heterocycles. The van der Waals surface area contributed by atoms with Crippen molar-refractivity contribution in [3.05, 3.63) is 176 Å². The molecule has 3 aromatic heterocycles. The normalized spacial score (nSPS) is 11.9. The molecular formula is C51H29N3OS. The molecule has 0 fully saturated rings. The molecule has 4 nitrogen and oxygen atoms in total. The van der Waals surface area contributed by atoms with Crippen molar-refractivity contribution in [2.75, 3.05) is 0 Å². The number of thiophene rings is 1. The number of fused-ring (bicyclic) bond motifs is 10. The molecule has 12 aromatic rings. The van der Waals surface area contributed by atoms with Crippen LogP contribution in [0.2, 0.25) is 0 Å². The lowest BCUT2D eigenvalue weighted by Crippen LogP contribution is -2.00. The van der Waals surface area contributed by atoms with Crippen molar-refractivity contribution in [3.8, 4) is 45.3 Å². The molecule has 5 heteroatoms. The van der Waals surface area contributed by atoms with Crippen molar-refractivity contribution < 1.29 is 4.42 Å². The second-order valence-electron chi connectivity index (χ2n) is 14.4. The number of hydrogen-bond donors (Lipinski definition) is 0. The molecule has 260 valence electrons. The minimum absolute atomic E-state index is 0.614. The van der Waals surface area contributed by atoms with Crippen molar-refractivity contribution in [1.82, 2.24) is 15.0 Å². The Morgan fingerprint density at radius 1 is 0.321 bits per heavy atom. The second kappa shape index (κ2) is 12.2. The van der Waals surface area contributed by atoms with E-state index in [0.29, 0.717) is 17.5 Å². The van der Waals surface area contributed by atoms with Gasteiger partial charge in [-0.05, 0) is 92.0 Å². The molecule has 0 N–H and O–H groups in total. The minimum Gasteiger partial charge on any atom is -0.456 e. The smallest absolute Gasteiger partial charge is 0.164 e. The SMILES string of the molecule is c1ccc2cc3c(cc2c1)oc1ccc(-c2nc(-c4ccc(-c5cc6ccccc6c6ccccc56)cc4)nc(-c4ccc5c(c4)sc4ccccc45)n2)cc13. The summed E-state index contributed by atoms with van der Waals surface area (Å²) >= 11 is 1.79. The monoisotopic (exact) mass is 731 g/mol. The van der Waals surface area contributed by atoms with Crippen LogP contribution >= 0.6 is 11.3 Å². The third-order valence-corrected chi connectivity index (χ3v) is 12.2. The molecular weight excluding hydrogens is 703 g/mol. The van der Waals surface area contributed by atoms with Crippen LogP contribution in [0.25, 0.3) is 120 Å². The molecule has 0 spiro atoms. The molecule has 0 saturated carbocycles. The van der Waals surface area contributed by atoms with Gasteiger partial charge in [-0.2, -0.15) is 0 Å². The molecule has 0 aliphatic carbocycles. The molecule has 0 bridgehead atoms. The van der Waals surface area contributed by atoms with Gasteiger partial charge in [0, 0.05) is 47.6 Å². The summed E-state index contributed by atoms with van der Waals surface area (Å²) in [6.45, 7) is 0. The zero-order valence-corrected chi connectivity index (χ0v) is 30.7. The summed E-state index contributed by atoms with van der Waals surface area (Å²) in [6.07, 6.45) is 0. The molecule has 0 unspecified atom stereocenters. The summed E-state index contributed by atoms with van der Waals surface area (Å²) in [6, 6.07) is 62.3. The highest BCUT2D eigenvalue weighted by molar-refractivity contribution is 7.25. The van der Waals surface area contributed by atoms with Crippen LogP contribution in [0.15, 0.2) is 180 Å². The Bertz CT molecular complexity index is 3540. The first-order valence-electron chi connectivity index (χ1n) is 18.7. The van der Waals surface area contributed by atoms with E-state index in [9.17, 15) is 0 Å². The van der Waals surface area contributed by atoms with E-state index in [1.807, 2.05) is 6.07 Å². The van der Waals surface area contributed by atoms with Gasteiger partial charge in [0.15, 0.2) is 17.5 Å². The van der Waals surface area contributed by atoms with E-state index in [2.05, 4.69) is 170 Å². The minimum atomic E-state index is 0.614. The van der Waals surface area contributed by atoms with E-state index in [-0.39, 0.29) is 0 Å². The Morgan fingerprint density at radius 2 is 0.875 bits per heavy atom. The fourth-order valence-corrected chi connectivity index (χ4v) is 9.47. The third kappa shape index (κ3) is 4.95. The fourth-order valence-electron chi connectivity index (χ4n) is 8.32. The molecule has 0 radical (unpaired) electrons. The summed E-state index contributed by atoms with van der Waals surface area (Å²) in [5, 5.41) is 11.9. The molecule has 0 aliphatic rings. The van der Waals surface area contributed by atoms with E-state index in [4.69, 9.17) is 19.4 Å². The van der Waals surface area contributed by atoms with Gasteiger partial charge in [-0.25, -0.2) is 15.0 Å². The number of rotatable bonds is 4. The van der Waals surface area contributed by atoms with Crippen LogP contribution < -0.4 is 0 Å². The van der Waals surface area contributed by atoms with Crippen molar-refractivity contribution in [1.29, 1.82) is 0 Å². The quantitative estimate of drug-likeness (QED) is 0.169. The Labute approximate surface area is 325 Å². The number of furan rings is 1. The van der Waals surface area contributed by atoms with Crippen molar-refractivity contribution >= 4 is 85.8 Å². The highest BCUT2D eigenvalue weighted by atomic mass is 32.1. The predicted molar refractivity (Wildman–Crippen MR) is 234 cm³/mol. The molecule has 3 heterocycles. The highest BCUT2D eigenvalue weighted by Gasteiger charge is 2.17. The number of benzene rings is 9. The fraction of sp³-hybridized carbons (Fsp3) is 0. The summed E-state index contributed by atoms with van der Waals surface area (Å²) in [7, 11) is 0. The van der Waals surface area contributed by atoms with Crippen LogP contribution in [0.4, 0.5) is 0 Å². The van der Waals surface area contributed by atoms with E-state index < -0.39 is 0 Å². The van der Waals surface area contributed by atoms with Crippen LogP contribution in [-0.4, -0.2) is 15.0 Å². The van der Waals surface area contributed by atoms with Crippen molar-refractivity contribution in [3.63, 3.8) is 0 Å². The van der Waals surface area contributed by atoms with Crippen LogP contribution in [0.1, 0.15) is 0 Å². The first-order chi connectivity index (χ1) is 27.7. The van der Waals surface area contributed by atoms with E-state index in [1.54, 1.807) is 11.3 Å².